The van der Waals surface area contributed by atoms with Gasteiger partial charge in [0.05, 0.1) is 45.3 Å². The summed E-state index contributed by atoms with van der Waals surface area (Å²) in [6, 6.07) is 19.2. The van der Waals surface area contributed by atoms with E-state index in [2.05, 4.69) is 5.32 Å². The van der Waals surface area contributed by atoms with Gasteiger partial charge in [0.15, 0.2) is 6.61 Å². The van der Waals surface area contributed by atoms with Gasteiger partial charge in [0.2, 0.25) is 6.41 Å². The summed E-state index contributed by atoms with van der Waals surface area (Å²) in [5.41, 5.74) is 0.150. The van der Waals surface area contributed by atoms with Gasteiger partial charge in [-0.15, -0.1) is 0 Å². The largest absolute Gasteiger partial charge is 0.484 e. The Balaban J connectivity index is 0.000000436. The maximum absolute atomic E-state index is 13.8. The van der Waals surface area contributed by atoms with Crippen molar-refractivity contribution in [3.05, 3.63) is 71.2 Å². The van der Waals surface area contributed by atoms with Crippen molar-refractivity contribution in [3.63, 3.8) is 0 Å². The number of amides is 2. The van der Waals surface area contributed by atoms with Gasteiger partial charge in [-0.05, 0) is 48.2 Å². The predicted molar refractivity (Wildman–Crippen MR) is 159 cm³/mol. The Labute approximate surface area is 264 Å². The first kappa shape index (κ1) is 32.7. The van der Waals surface area contributed by atoms with Crippen LogP contribution in [0.2, 0.25) is 5.02 Å². The lowest BCUT2D eigenvalue weighted by Crippen LogP contribution is -2.47. The van der Waals surface area contributed by atoms with E-state index in [1.165, 1.54) is 18.2 Å². The number of carbonyl (C=O) groups is 2. The van der Waals surface area contributed by atoms with E-state index in [4.69, 9.17) is 31.1 Å². The molecule has 45 heavy (non-hydrogen) atoms. The summed E-state index contributed by atoms with van der Waals surface area (Å²) in [6.45, 7) is -0.396. The van der Waals surface area contributed by atoms with E-state index in [0.29, 0.717) is 24.9 Å². The molecule has 2 saturated heterocycles. The third kappa shape index (κ3) is 7.25. The number of benzene rings is 3. The standard InChI is InChI=1S/C26H23ClF3NO5S.C5H6N2O/c27-22-14-18(34-16-25(28,29)30)8-9-23(22)37(33)19-10-11-31(15-19)24(32)26(35-12-13-36-26)21-7-3-5-17-4-1-2-6-20(17)21;6-3-5(1-2-5)7-4-8/h1-9,14,19H,10-13,15-16H2;4H,1-2H2,(H,7,8). The summed E-state index contributed by atoms with van der Waals surface area (Å²) in [7, 11) is -1.60. The van der Waals surface area contributed by atoms with Crippen LogP contribution >= 0.6 is 11.6 Å². The van der Waals surface area contributed by atoms with Gasteiger partial charge in [0.25, 0.3) is 11.7 Å². The van der Waals surface area contributed by atoms with Crippen molar-refractivity contribution in [1.29, 1.82) is 5.26 Å². The molecule has 0 bridgehead atoms. The highest BCUT2D eigenvalue weighted by Crippen LogP contribution is 2.39. The van der Waals surface area contributed by atoms with Crippen LogP contribution in [-0.4, -0.2) is 71.3 Å². The molecule has 2 amide bonds. The van der Waals surface area contributed by atoms with Crippen molar-refractivity contribution in [2.45, 2.75) is 46.9 Å². The highest BCUT2D eigenvalue weighted by molar-refractivity contribution is 7.85. The molecule has 0 spiro atoms. The lowest BCUT2D eigenvalue weighted by atomic mass is 9.96. The van der Waals surface area contributed by atoms with Crippen LogP contribution in [0.1, 0.15) is 24.8 Å². The van der Waals surface area contributed by atoms with Crippen LogP contribution in [0.4, 0.5) is 13.2 Å². The van der Waals surface area contributed by atoms with Crippen LogP contribution in [0, 0.1) is 11.3 Å². The molecule has 0 radical (unpaired) electrons. The smallest absolute Gasteiger partial charge is 0.422 e. The fourth-order valence-corrected chi connectivity index (χ4v) is 7.07. The first-order valence-corrected chi connectivity index (χ1v) is 15.7. The van der Waals surface area contributed by atoms with Crippen LogP contribution < -0.4 is 10.1 Å². The zero-order valence-corrected chi connectivity index (χ0v) is 25.4. The van der Waals surface area contributed by atoms with E-state index in [-0.39, 0.29) is 41.3 Å². The van der Waals surface area contributed by atoms with Crippen molar-refractivity contribution in [1.82, 2.24) is 10.2 Å². The van der Waals surface area contributed by atoms with Crippen molar-refractivity contribution >= 4 is 45.5 Å². The van der Waals surface area contributed by atoms with Gasteiger partial charge in [0.1, 0.15) is 11.3 Å². The molecule has 1 N–H and O–H groups in total. The third-order valence-electron chi connectivity index (χ3n) is 7.68. The number of nitriles is 1. The zero-order chi connectivity index (χ0) is 32.2. The number of nitrogens with zero attached hydrogens (tertiary/aromatic N) is 2. The maximum Gasteiger partial charge on any atom is 0.422 e. The molecule has 3 aliphatic rings. The summed E-state index contributed by atoms with van der Waals surface area (Å²) in [5, 5.41) is 12.2. The lowest BCUT2D eigenvalue weighted by Gasteiger charge is -2.31. The van der Waals surface area contributed by atoms with Crippen LogP contribution in [0.25, 0.3) is 10.8 Å². The molecule has 1 aliphatic carbocycles. The Hall–Kier alpha value is -3.70. The van der Waals surface area contributed by atoms with Crippen LogP contribution in [0.3, 0.4) is 0 Å². The van der Waals surface area contributed by atoms with Gasteiger partial charge in [-0.25, -0.2) is 0 Å². The van der Waals surface area contributed by atoms with Crippen LogP contribution in [0.15, 0.2) is 65.6 Å². The fraction of sp³-hybridized carbons (Fsp3) is 0.387. The van der Waals surface area contributed by atoms with E-state index in [0.717, 1.165) is 23.6 Å². The molecule has 2 unspecified atom stereocenters. The minimum atomic E-state index is -4.48. The number of hydrogen-bond donors (Lipinski definition) is 1. The molecule has 1 saturated carbocycles. The highest BCUT2D eigenvalue weighted by Gasteiger charge is 2.51. The first-order valence-electron chi connectivity index (χ1n) is 14.1. The molecule has 238 valence electrons. The molecule has 3 aromatic carbocycles. The predicted octanol–water partition coefficient (Wildman–Crippen LogP) is 4.83. The molecule has 6 rings (SSSR count). The molecular formula is C31H29ClF3N3O6S. The maximum atomic E-state index is 13.8. The lowest BCUT2D eigenvalue weighted by molar-refractivity contribution is -0.196. The van der Waals surface area contributed by atoms with Gasteiger partial charge < -0.3 is 24.4 Å². The van der Waals surface area contributed by atoms with Crippen molar-refractivity contribution in [2.75, 3.05) is 32.9 Å². The molecule has 9 nitrogen and oxygen atoms in total. The van der Waals surface area contributed by atoms with E-state index in [1.807, 2.05) is 48.5 Å². The topological polar surface area (TPSA) is 118 Å². The van der Waals surface area contributed by atoms with Crippen molar-refractivity contribution in [3.8, 4) is 11.8 Å². The number of fused-ring (bicyclic) bond motifs is 1. The minimum absolute atomic E-state index is 0.0393. The second kappa shape index (κ2) is 13.3. The first-order chi connectivity index (χ1) is 21.5. The monoisotopic (exact) mass is 663 g/mol. The van der Waals surface area contributed by atoms with Gasteiger partial charge in [0, 0.05) is 18.7 Å². The van der Waals surface area contributed by atoms with Crippen LogP contribution in [-0.2, 0) is 35.6 Å². The summed E-state index contributed by atoms with van der Waals surface area (Å²) < 4.78 is 67.2. The van der Waals surface area contributed by atoms with Crippen molar-refractivity contribution in [2.24, 2.45) is 0 Å². The van der Waals surface area contributed by atoms with Gasteiger partial charge in [-0.1, -0.05) is 54.1 Å². The zero-order valence-electron chi connectivity index (χ0n) is 23.8. The summed E-state index contributed by atoms with van der Waals surface area (Å²) in [4.78, 5) is 25.4. The Kier molecular flexibility index (Phi) is 9.69. The number of likely N-dealkylation sites (tertiary alicyclic amines) is 1. The van der Waals surface area contributed by atoms with E-state index in [9.17, 15) is 27.0 Å². The quantitative estimate of drug-likeness (QED) is 0.343. The van der Waals surface area contributed by atoms with E-state index >= 15 is 0 Å². The number of rotatable bonds is 8. The summed E-state index contributed by atoms with van der Waals surface area (Å²) in [6.07, 6.45) is -1.84. The number of halogens is 4. The molecular weight excluding hydrogens is 635 g/mol. The number of carbonyl (C=O) groups excluding carboxylic acids is 2. The summed E-state index contributed by atoms with van der Waals surface area (Å²) in [5.74, 6) is -2.02. The Morgan fingerprint density at radius 3 is 2.49 bits per heavy atom. The second-order valence-corrected chi connectivity index (χ2v) is 12.9. The minimum Gasteiger partial charge on any atom is -0.484 e. The third-order valence-corrected chi connectivity index (χ3v) is 9.88. The average Bonchev–Trinajstić information content (AvgIpc) is 3.40. The Morgan fingerprint density at radius 1 is 1.16 bits per heavy atom. The normalized spacial score (nSPS) is 20.4. The Bertz CT molecular complexity index is 1630. The number of nitrogens with one attached hydrogen (secondary N) is 1. The molecule has 2 heterocycles. The fourth-order valence-electron chi connectivity index (χ4n) is 5.22. The molecule has 2 atom stereocenters. The van der Waals surface area contributed by atoms with Crippen LogP contribution in [0.5, 0.6) is 5.75 Å². The molecule has 0 aromatic heterocycles. The summed E-state index contributed by atoms with van der Waals surface area (Å²) >= 11 is 6.24. The number of alkyl halides is 3. The van der Waals surface area contributed by atoms with Gasteiger partial charge >= 0.3 is 6.18 Å². The number of ether oxygens (including phenoxy) is 3. The average molecular weight is 664 g/mol. The molecule has 3 fully saturated rings. The molecule has 2 aliphatic heterocycles. The van der Waals surface area contributed by atoms with E-state index in [1.54, 1.807) is 4.90 Å². The van der Waals surface area contributed by atoms with Crippen molar-refractivity contribution < 1.29 is 41.2 Å². The van der Waals surface area contributed by atoms with E-state index < -0.39 is 40.2 Å². The SMILES string of the molecule is N#CC1(NC=O)CC1.O=C(N1CCC(S(=O)c2ccc(OCC(F)(F)F)cc2Cl)C1)C1(c2cccc3ccccc23)OCCO1. The molecule has 3 aromatic rings. The Morgan fingerprint density at radius 2 is 1.87 bits per heavy atom. The second-order valence-electron chi connectivity index (χ2n) is 10.8. The van der Waals surface area contributed by atoms with Gasteiger partial charge in [-0.2, -0.15) is 18.4 Å². The highest BCUT2D eigenvalue weighted by atomic mass is 35.5. The molecule has 14 heteroatoms. The number of hydrogen-bond acceptors (Lipinski definition) is 7. The van der Waals surface area contributed by atoms with Gasteiger partial charge in [-0.3, -0.25) is 13.8 Å².